The first kappa shape index (κ1) is 10.1. The highest BCUT2D eigenvalue weighted by Crippen LogP contribution is 2.20. The van der Waals surface area contributed by atoms with Gasteiger partial charge >= 0.3 is 15.4 Å². The zero-order valence-electron chi connectivity index (χ0n) is 7.96. The summed E-state index contributed by atoms with van der Waals surface area (Å²) in [6.07, 6.45) is 1.34. The molecule has 70 valence electrons. The summed E-state index contributed by atoms with van der Waals surface area (Å²) in [6, 6.07) is 3.26. The third-order valence-electron chi connectivity index (χ3n) is 1.17. The Labute approximate surface area is 79.7 Å². The van der Waals surface area contributed by atoms with Crippen LogP contribution in [0.1, 0.15) is 20.8 Å². The monoisotopic (exact) mass is 196 g/mol. The Morgan fingerprint density at radius 1 is 1.46 bits per heavy atom. The van der Waals surface area contributed by atoms with Crippen molar-refractivity contribution in [2.75, 3.05) is 0 Å². The Bertz CT molecular complexity index is 324. The molecule has 4 heteroatoms. The zero-order valence-corrected chi connectivity index (χ0v) is 8.96. The Balaban J connectivity index is 2.66. The molecule has 0 saturated heterocycles. The third-order valence-corrected chi connectivity index (χ3v) is 2.10. The maximum Gasteiger partial charge on any atom is 0.377 e. The average Bonchev–Trinajstić information content (AvgIpc) is 2.01. The maximum absolute atomic E-state index is 11.0. The van der Waals surface area contributed by atoms with E-state index in [1.54, 1.807) is 12.1 Å². The van der Waals surface area contributed by atoms with E-state index in [0.717, 1.165) is 0 Å². The molecule has 1 aromatic rings. The summed E-state index contributed by atoms with van der Waals surface area (Å²) in [5.41, 5.74) is -0.417. The van der Waals surface area contributed by atoms with Crippen LogP contribution in [0.25, 0.3) is 0 Å². The van der Waals surface area contributed by atoms with Crippen molar-refractivity contribution in [3.63, 3.8) is 0 Å². The molecule has 0 saturated carbocycles. The second-order valence-electron chi connectivity index (χ2n) is 3.72. The van der Waals surface area contributed by atoms with Crippen molar-refractivity contribution in [1.29, 1.82) is 0 Å². The highest BCUT2D eigenvalue weighted by molar-refractivity contribution is 6.32. The molecule has 0 bridgehead atoms. The smallest absolute Gasteiger partial charge is 0.377 e. The second kappa shape index (κ2) is 3.78. The number of hydrogen-bond donors (Lipinski definition) is 0. The fourth-order valence-corrected chi connectivity index (χ4v) is 1.21. The van der Waals surface area contributed by atoms with E-state index in [0.29, 0.717) is 0 Å². The first-order valence-corrected chi connectivity index (χ1v) is 4.92. The first-order valence-electron chi connectivity index (χ1n) is 4.01. The summed E-state index contributed by atoms with van der Waals surface area (Å²) >= 11 is 0. The summed E-state index contributed by atoms with van der Waals surface area (Å²) in [5, 5.41) is 0.0717. The molecule has 0 aliphatic carbocycles. The number of rotatable bonds is 2. The van der Waals surface area contributed by atoms with Gasteiger partial charge in [0.1, 0.15) is 0 Å². The van der Waals surface area contributed by atoms with Crippen LogP contribution < -0.4 is 10.1 Å². The fraction of sp³-hybridized carbons (Fsp3) is 0.444. The van der Waals surface area contributed by atoms with Gasteiger partial charge in [0.05, 0.1) is 6.26 Å². The molecule has 0 spiro atoms. The van der Waals surface area contributed by atoms with Crippen LogP contribution in [0.15, 0.2) is 27.6 Å². The van der Waals surface area contributed by atoms with Gasteiger partial charge in [-0.25, -0.2) is 4.79 Å². The molecular weight excluding hydrogens is 184 g/mol. The second-order valence-corrected chi connectivity index (χ2v) is 5.63. The van der Waals surface area contributed by atoms with E-state index in [2.05, 4.69) is 25.2 Å². The van der Waals surface area contributed by atoms with Crippen LogP contribution in [-0.2, 0) is 0 Å². The van der Waals surface area contributed by atoms with Crippen molar-refractivity contribution >= 4 is 9.76 Å². The molecule has 13 heavy (non-hydrogen) atoms. The van der Waals surface area contributed by atoms with Crippen molar-refractivity contribution in [3.05, 3.63) is 28.8 Å². The van der Waals surface area contributed by atoms with Crippen LogP contribution >= 0.6 is 0 Å². The van der Waals surface area contributed by atoms with Crippen LogP contribution in [0.3, 0.4) is 0 Å². The summed E-state index contributed by atoms with van der Waals surface area (Å²) in [4.78, 5) is 11.0. The van der Waals surface area contributed by atoms with Crippen LogP contribution in [-0.4, -0.2) is 9.76 Å². The molecule has 0 unspecified atom stereocenters. The Hall–Kier alpha value is -1.03. The predicted molar refractivity (Wildman–Crippen MR) is 51.1 cm³/mol. The van der Waals surface area contributed by atoms with Crippen LogP contribution in [0, 0.1) is 0 Å². The van der Waals surface area contributed by atoms with Gasteiger partial charge < -0.3 is 8.84 Å². The van der Waals surface area contributed by atoms with Gasteiger partial charge in [-0.3, -0.25) is 0 Å². The molecule has 0 amide bonds. The molecule has 0 fully saturated rings. The van der Waals surface area contributed by atoms with Crippen molar-refractivity contribution in [3.8, 4) is 5.75 Å². The van der Waals surface area contributed by atoms with E-state index in [1.807, 2.05) is 0 Å². The lowest BCUT2D eigenvalue weighted by atomic mass is 10.3. The standard InChI is InChI=1S/C9H12O3Si/c1-9(2,3)13-12-7-5-4-6-11-8(7)10/h4-6H,1-3H3. The van der Waals surface area contributed by atoms with Gasteiger partial charge in [0, 0.05) is 0 Å². The zero-order chi connectivity index (χ0) is 9.90. The van der Waals surface area contributed by atoms with Crippen molar-refractivity contribution in [2.45, 2.75) is 25.8 Å². The van der Waals surface area contributed by atoms with Gasteiger partial charge in [-0.05, 0) is 17.2 Å². The molecule has 0 aliphatic rings. The highest BCUT2D eigenvalue weighted by atomic mass is 28.2. The molecule has 0 atom stereocenters. The van der Waals surface area contributed by atoms with Gasteiger partial charge in [0.25, 0.3) is 0 Å². The van der Waals surface area contributed by atoms with Crippen molar-refractivity contribution in [1.82, 2.24) is 0 Å². The molecule has 2 radical (unpaired) electrons. The van der Waals surface area contributed by atoms with E-state index in [9.17, 15) is 4.79 Å². The van der Waals surface area contributed by atoms with Gasteiger partial charge in [0.2, 0.25) is 0 Å². The third kappa shape index (κ3) is 3.46. The minimum atomic E-state index is -0.417. The lowest BCUT2D eigenvalue weighted by Crippen LogP contribution is -2.18. The van der Waals surface area contributed by atoms with E-state index >= 15 is 0 Å². The maximum atomic E-state index is 11.0. The molecule has 1 rings (SSSR count). The first-order chi connectivity index (χ1) is 5.99. The van der Waals surface area contributed by atoms with Gasteiger partial charge in [0.15, 0.2) is 5.75 Å². The van der Waals surface area contributed by atoms with Gasteiger partial charge in [-0.2, -0.15) is 0 Å². The van der Waals surface area contributed by atoms with Crippen molar-refractivity contribution in [2.24, 2.45) is 0 Å². The lowest BCUT2D eigenvalue weighted by molar-refractivity contribution is 0.455. The van der Waals surface area contributed by atoms with Crippen molar-refractivity contribution < 1.29 is 8.84 Å². The lowest BCUT2D eigenvalue weighted by Gasteiger charge is -2.15. The normalized spacial score (nSPS) is 11.3. The van der Waals surface area contributed by atoms with Gasteiger partial charge in [-0.15, -0.1) is 0 Å². The summed E-state index contributed by atoms with van der Waals surface area (Å²) < 4.78 is 9.97. The van der Waals surface area contributed by atoms with Crippen LogP contribution in [0.5, 0.6) is 5.75 Å². The topological polar surface area (TPSA) is 39.4 Å². The summed E-state index contributed by atoms with van der Waals surface area (Å²) in [5.74, 6) is 0.288. The molecular formula is C9H12O3Si. The minimum Gasteiger partial charge on any atom is -0.535 e. The summed E-state index contributed by atoms with van der Waals surface area (Å²) in [6.45, 7) is 6.15. The fourth-order valence-electron chi connectivity index (χ4n) is 0.638. The Morgan fingerprint density at radius 2 is 2.15 bits per heavy atom. The minimum absolute atomic E-state index is 0.0717. The summed E-state index contributed by atoms with van der Waals surface area (Å²) in [7, 11) is 0.255. The van der Waals surface area contributed by atoms with E-state index in [-0.39, 0.29) is 20.6 Å². The SMILES string of the molecule is CC(C)(C)[Si]Oc1cccoc1=O. The molecule has 1 aromatic heterocycles. The molecule has 0 aromatic carbocycles. The van der Waals surface area contributed by atoms with E-state index in [1.165, 1.54) is 6.26 Å². The van der Waals surface area contributed by atoms with E-state index in [4.69, 9.17) is 4.43 Å². The van der Waals surface area contributed by atoms with Crippen LogP contribution in [0.2, 0.25) is 5.04 Å². The largest absolute Gasteiger partial charge is 0.535 e. The van der Waals surface area contributed by atoms with E-state index < -0.39 is 5.63 Å². The average molecular weight is 196 g/mol. The molecule has 0 N–H and O–H groups in total. The Kier molecular flexibility index (Phi) is 2.93. The predicted octanol–water partition coefficient (Wildman–Crippen LogP) is 1.86. The quantitative estimate of drug-likeness (QED) is 0.678. The molecule has 0 aliphatic heterocycles. The number of hydrogen-bond acceptors (Lipinski definition) is 3. The highest BCUT2D eigenvalue weighted by Gasteiger charge is 2.16. The van der Waals surface area contributed by atoms with Crippen LogP contribution in [0.4, 0.5) is 0 Å². The van der Waals surface area contributed by atoms with Gasteiger partial charge in [-0.1, -0.05) is 20.8 Å². The molecule has 1 heterocycles. The Morgan fingerprint density at radius 3 is 2.69 bits per heavy atom. The molecule has 3 nitrogen and oxygen atoms in total.